The lowest BCUT2D eigenvalue weighted by Gasteiger charge is -2.33. The van der Waals surface area contributed by atoms with Gasteiger partial charge in [0, 0.05) is 45.1 Å². The van der Waals surface area contributed by atoms with Gasteiger partial charge in [0.2, 0.25) is 0 Å². The van der Waals surface area contributed by atoms with E-state index in [1.54, 1.807) is 7.11 Å². The van der Waals surface area contributed by atoms with Crippen LogP contribution >= 0.6 is 0 Å². The summed E-state index contributed by atoms with van der Waals surface area (Å²) in [4.78, 5) is 7.14. The van der Waals surface area contributed by atoms with Crippen LogP contribution in [0.25, 0.3) is 0 Å². The largest absolute Gasteiger partial charge is 0.384 e. The van der Waals surface area contributed by atoms with Gasteiger partial charge in [0.05, 0.1) is 0 Å². The number of nitrogens with one attached hydrogen (secondary N) is 1. The summed E-state index contributed by atoms with van der Waals surface area (Å²) >= 11 is 0. The Balaban J connectivity index is 1.99. The third-order valence-electron chi connectivity index (χ3n) is 4.06. The van der Waals surface area contributed by atoms with Crippen molar-refractivity contribution in [2.45, 2.75) is 46.2 Å². The summed E-state index contributed by atoms with van der Waals surface area (Å²) in [7, 11) is 1.79. The first kappa shape index (κ1) is 16.2. The van der Waals surface area contributed by atoms with Gasteiger partial charge in [-0.1, -0.05) is 13.8 Å². The van der Waals surface area contributed by atoms with Crippen LogP contribution in [0.3, 0.4) is 0 Å². The number of rotatable bonds is 6. The van der Waals surface area contributed by atoms with Crippen molar-refractivity contribution in [2.24, 2.45) is 5.92 Å². The van der Waals surface area contributed by atoms with E-state index >= 15 is 0 Å². The van der Waals surface area contributed by atoms with Gasteiger partial charge < -0.3 is 15.0 Å². The summed E-state index contributed by atoms with van der Waals surface area (Å²) in [5.41, 5.74) is 2.43. The average molecular weight is 291 g/mol. The molecule has 4 nitrogen and oxygen atoms in total. The molecule has 0 amide bonds. The van der Waals surface area contributed by atoms with Gasteiger partial charge in [-0.2, -0.15) is 0 Å². The number of aromatic nitrogens is 1. The van der Waals surface area contributed by atoms with E-state index in [1.165, 1.54) is 18.4 Å². The first-order valence-corrected chi connectivity index (χ1v) is 8.03. The summed E-state index contributed by atoms with van der Waals surface area (Å²) in [5.74, 6) is 1.84. The van der Waals surface area contributed by atoms with Crippen LogP contribution in [-0.4, -0.2) is 37.8 Å². The Morgan fingerprint density at radius 1 is 1.33 bits per heavy atom. The molecule has 1 N–H and O–H groups in total. The molecule has 1 aromatic heterocycles. The van der Waals surface area contributed by atoms with E-state index in [0.717, 1.165) is 37.8 Å². The molecule has 0 atom stereocenters. The maximum absolute atomic E-state index is 5.27. The topological polar surface area (TPSA) is 37.4 Å². The van der Waals surface area contributed by atoms with Crippen molar-refractivity contribution in [3.8, 4) is 0 Å². The molecule has 0 saturated carbocycles. The molecule has 2 rings (SSSR count). The third-order valence-corrected chi connectivity index (χ3v) is 4.06. The molecule has 0 unspecified atom stereocenters. The van der Waals surface area contributed by atoms with E-state index in [4.69, 9.17) is 9.72 Å². The number of anilines is 1. The highest BCUT2D eigenvalue weighted by Crippen LogP contribution is 2.23. The molecule has 1 aliphatic rings. The lowest BCUT2D eigenvalue weighted by Crippen LogP contribution is -2.35. The summed E-state index contributed by atoms with van der Waals surface area (Å²) in [6.45, 7) is 10.4. The van der Waals surface area contributed by atoms with Crippen molar-refractivity contribution in [1.29, 1.82) is 0 Å². The molecule has 4 heteroatoms. The summed E-state index contributed by atoms with van der Waals surface area (Å²) < 4.78 is 5.27. The quantitative estimate of drug-likeness (QED) is 0.874. The van der Waals surface area contributed by atoms with Crippen molar-refractivity contribution in [2.75, 3.05) is 31.7 Å². The predicted molar refractivity (Wildman–Crippen MR) is 87.8 cm³/mol. The van der Waals surface area contributed by atoms with Crippen LogP contribution in [0.2, 0.25) is 0 Å². The van der Waals surface area contributed by atoms with E-state index < -0.39 is 0 Å². The van der Waals surface area contributed by atoms with Gasteiger partial charge in [-0.25, -0.2) is 4.98 Å². The molecule has 118 valence electrons. The van der Waals surface area contributed by atoms with Crippen molar-refractivity contribution in [3.63, 3.8) is 0 Å². The van der Waals surface area contributed by atoms with E-state index in [0.29, 0.717) is 12.0 Å². The molecule has 1 aromatic rings. The smallest absolute Gasteiger partial charge is 0.129 e. The summed E-state index contributed by atoms with van der Waals surface area (Å²) in [6, 6.07) is 4.92. The first-order chi connectivity index (χ1) is 10.1. The van der Waals surface area contributed by atoms with Gasteiger partial charge in [-0.3, -0.25) is 0 Å². The molecule has 1 saturated heterocycles. The Kier molecular flexibility index (Phi) is 6.00. The SMILES string of the molecule is COCC1CCN(c2cc(CNC(C)C)cc(C)n2)CC1. The predicted octanol–water partition coefficient (Wildman–Crippen LogP) is 2.75. The molecule has 0 aliphatic carbocycles. The number of piperidine rings is 1. The Morgan fingerprint density at radius 3 is 2.67 bits per heavy atom. The fourth-order valence-electron chi connectivity index (χ4n) is 2.87. The lowest BCUT2D eigenvalue weighted by molar-refractivity contribution is 0.139. The van der Waals surface area contributed by atoms with Crippen LogP contribution in [0.4, 0.5) is 5.82 Å². The fraction of sp³-hybridized carbons (Fsp3) is 0.706. The minimum atomic E-state index is 0.506. The number of hydrogen-bond donors (Lipinski definition) is 1. The number of methoxy groups -OCH3 is 1. The monoisotopic (exact) mass is 291 g/mol. The van der Waals surface area contributed by atoms with Gasteiger partial charge in [-0.15, -0.1) is 0 Å². The van der Waals surface area contributed by atoms with E-state index in [1.807, 2.05) is 0 Å². The molecule has 1 aliphatic heterocycles. The molecule has 0 bridgehead atoms. The maximum Gasteiger partial charge on any atom is 0.129 e. The Morgan fingerprint density at radius 2 is 2.05 bits per heavy atom. The molecule has 21 heavy (non-hydrogen) atoms. The van der Waals surface area contributed by atoms with Gasteiger partial charge >= 0.3 is 0 Å². The number of ether oxygens (including phenoxy) is 1. The first-order valence-electron chi connectivity index (χ1n) is 8.03. The Hall–Kier alpha value is -1.13. The van der Waals surface area contributed by atoms with Crippen LogP contribution in [-0.2, 0) is 11.3 Å². The van der Waals surface area contributed by atoms with Gasteiger partial charge in [0.25, 0.3) is 0 Å². The van der Waals surface area contributed by atoms with E-state index in [2.05, 4.69) is 43.1 Å². The fourth-order valence-corrected chi connectivity index (χ4v) is 2.87. The molecule has 1 fully saturated rings. The zero-order valence-electron chi connectivity index (χ0n) is 13.9. The van der Waals surface area contributed by atoms with Crippen LogP contribution in [0.1, 0.15) is 37.9 Å². The number of nitrogens with zero attached hydrogens (tertiary/aromatic N) is 2. The second-order valence-corrected chi connectivity index (χ2v) is 6.40. The lowest BCUT2D eigenvalue weighted by atomic mass is 9.98. The van der Waals surface area contributed by atoms with E-state index in [9.17, 15) is 0 Å². The molecular formula is C17H29N3O. The third kappa shape index (κ3) is 4.97. The minimum Gasteiger partial charge on any atom is -0.384 e. The average Bonchev–Trinajstić information content (AvgIpc) is 2.46. The molecule has 0 aromatic carbocycles. The van der Waals surface area contributed by atoms with Crippen molar-refractivity contribution >= 4 is 5.82 Å². The van der Waals surface area contributed by atoms with Crippen molar-refractivity contribution < 1.29 is 4.74 Å². The van der Waals surface area contributed by atoms with Gasteiger partial charge in [0.15, 0.2) is 0 Å². The zero-order chi connectivity index (χ0) is 15.2. The molecular weight excluding hydrogens is 262 g/mol. The van der Waals surface area contributed by atoms with Gasteiger partial charge in [-0.05, 0) is 43.4 Å². The van der Waals surface area contributed by atoms with E-state index in [-0.39, 0.29) is 0 Å². The van der Waals surface area contributed by atoms with Crippen molar-refractivity contribution in [1.82, 2.24) is 10.3 Å². The molecule has 0 spiro atoms. The van der Waals surface area contributed by atoms with Crippen molar-refractivity contribution in [3.05, 3.63) is 23.4 Å². The second-order valence-electron chi connectivity index (χ2n) is 6.40. The second kappa shape index (κ2) is 7.76. The van der Waals surface area contributed by atoms with Crippen LogP contribution in [0, 0.1) is 12.8 Å². The minimum absolute atomic E-state index is 0.506. The Bertz CT molecular complexity index is 440. The number of pyridine rings is 1. The summed E-state index contributed by atoms with van der Waals surface area (Å²) in [6.07, 6.45) is 2.39. The molecule has 0 radical (unpaired) electrons. The molecule has 2 heterocycles. The maximum atomic E-state index is 5.27. The highest BCUT2D eigenvalue weighted by molar-refractivity contribution is 5.43. The highest BCUT2D eigenvalue weighted by Gasteiger charge is 2.20. The Labute approximate surface area is 128 Å². The number of aryl methyl sites for hydroxylation is 1. The standard InChI is InChI=1S/C17H29N3O/c1-13(2)18-11-16-9-14(3)19-17(10-16)20-7-5-15(6-8-20)12-21-4/h9-10,13,15,18H,5-8,11-12H2,1-4H3. The number of hydrogen-bond acceptors (Lipinski definition) is 4. The highest BCUT2D eigenvalue weighted by atomic mass is 16.5. The van der Waals surface area contributed by atoms with Crippen LogP contribution in [0.15, 0.2) is 12.1 Å². The van der Waals surface area contributed by atoms with Gasteiger partial charge in [0.1, 0.15) is 5.82 Å². The zero-order valence-corrected chi connectivity index (χ0v) is 13.9. The van der Waals surface area contributed by atoms with Crippen LogP contribution < -0.4 is 10.2 Å². The summed E-state index contributed by atoms with van der Waals surface area (Å²) in [5, 5.41) is 3.48. The normalized spacial score (nSPS) is 16.7. The van der Waals surface area contributed by atoms with Crippen LogP contribution in [0.5, 0.6) is 0 Å².